The molecule has 0 spiro atoms. The SMILES string of the molecule is CSC1=N/C(=C\c2ccc3nccnc3c2)C(=O)N1. The van der Waals surface area contributed by atoms with Crippen LogP contribution in [0.4, 0.5) is 0 Å². The first-order chi connectivity index (χ1) is 9.26. The lowest BCUT2D eigenvalue weighted by atomic mass is 10.1. The molecule has 1 aromatic carbocycles. The first-order valence-electron chi connectivity index (χ1n) is 5.63. The van der Waals surface area contributed by atoms with Gasteiger partial charge in [0, 0.05) is 12.4 Å². The van der Waals surface area contributed by atoms with Crippen LogP contribution in [0.2, 0.25) is 0 Å². The lowest BCUT2D eigenvalue weighted by Crippen LogP contribution is -2.21. The average molecular weight is 270 g/mol. The number of aromatic nitrogens is 2. The Kier molecular flexibility index (Phi) is 3.00. The van der Waals surface area contributed by atoms with Gasteiger partial charge in [-0.05, 0) is 30.0 Å². The number of rotatable bonds is 1. The molecule has 2 aromatic rings. The van der Waals surface area contributed by atoms with Crippen LogP contribution in [0.15, 0.2) is 41.3 Å². The van der Waals surface area contributed by atoms with E-state index < -0.39 is 0 Å². The van der Waals surface area contributed by atoms with E-state index in [0.717, 1.165) is 16.6 Å². The zero-order chi connectivity index (χ0) is 13.2. The Morgan fingerprint density at radius 2 is 2.00 bits per heavy atom. The average Bonchev–Trinajstić information content (AvgIpc) is 2.79. The van der Waals surface area contributed by atoms with Crippen molar-refractivity contribution in [2.24, 2.45) is 4.99 Å². The van der Waals surface area contributed by atoms with Gasteiger partial charge in [-0.3, -0.25) is 20.1 Å². The van der Waals surface area contributed by atoms with Gasteiger partial charge in [0.15, 0.2) is 5.17 Å². The summed E-state index contributed by atoms with van der Waals surface area (Å²) in [6.07, 6.45) is 6.91. The van der Waals surface area contributed by atoms with Crippen LogP contribution in [0.1, 0.15) is 5.56 Å². The maximum absolute atomic E-state index is 11.7. The van der Waals surface area contributed by atoms with Crippen molar-refractivity contribution in [1.82, 2.24) is 15.3 Å². The smallest absolute Gasteiger partial charge is 0.275 e. The third-order valence-corrected chi connectivity index (χ3v) is 3.25. The van der Waals surface area contributed by atoms with Crippen LogP contribution in [-0.4, -0.2) is 27.3 Å². The molecule has 5 nitrogen and oxygen atoms in total. The molecule has 0 aliphatic carbocycles. The summed E-state index contributed by atoms with van der Waals surface area (Å²) >= 11 is 1.41. The van der Waals surface area contributed by atoms with Crippen LogP contribution in [-0.2, 0) is 4.79 Å². The maximum Gasteiger partial charge on any atom is 0.275 e. The number of thioether (sulfide) groups is 1. The summed E-state index contributed by atoms with van der Waals surface area (Å²) in [5.74, 6) is -0.177. The van der Waals surface area contributed by atoms with Crippen LogP contribution in [0.25, 0.3) is 17.1 Å². The minimum atomic E-state index is -0.177. The van der Waals surface area contributed by atoms with Crippen molar-refractivity contribution in [3.05, 3.63) is 41.9 Å². The molecule has 2 heterocycles. The number of benzene rings is 1. The number of amidine groups is 1. The summed E-state index contributed by atoms with van der Waals surface area (Å²) in [6, 6.07) is 5.65. The Morgan fingerprint density at radius 1 is 1.21 bits per heavy atom. The van der Waals surface area contributed by atoms with Crippen LogP contribution in [0.5, 0.6) is 0 Å². The summed E-state index contributed by atoms with van der Waals surface area (Å²) < 4.78 is 0. The molecule has 19 heavy (non-hydrogen) atoms. The van der Waals surface area contributed by atoms with Gasteiger partial charge < -0.3 is 0 Å². The summed E-state index contributed by atoms with van der Waals surface area (Å²) in [6.45, 7) is 0. The fourth-order valence-electron chi connectivity index (χ4n) is 1.77. The second-order valence-electron chi connectivity index (χ2n) is 3.91. The number of hydrogen-bond donors (Lipinski definition) is 1. The molecular formula is C13H10N4OS. The number of fused-ring (bicyclic) bond motifs is 1. The Bertz CT molecular complexity index is 723. The zero-order valence-electron chi connectivity index (χ0n) is 10.1. The molecule has 0 saturated heterocycles. The third kappa shape index (κ3) is 2.34. The van der Waals surface area contributed by atoms with Crippen LogP contribution in [0.3, 0.4) is 0 Å². The Labute approximate surface area is 113 Å². The van der Waals surface area contributed by atoms with Gasteiger partial charge in [-0.15, -0.1) is 0 Å². The van der Waals surface area contributed by atoms with E-state index in [0.29, 0.717) is 10.9 Å². The maximum atomic E-state index is 11.7. The van der Waals surface area contributed by atoms with Crippen LogP contribution < -0.4 is 5.32 Å². The highest BCUT2D eigenvalue weighted by Crippen LogP contribution is 2.17. The Hall–Kier alpha value is -2.21. The molecule has 1 aromatic heterocycles. The number of aliphatic imine (C=N–C) groups is 1. The molecule has 0 radical (unpaired) electrons. The minimum Gasteiger partial charge on any atom is -0.300 e. The van der Waals surface area contributed by atoms with Crippen LogP contribution >= 0.6 is 11.8 Å². The number of amides is 1. The molecule has 1 N–H and O–H groups in total. The Balaban J connectivity index is 2.01. The summed E-state index contributed by atoms with van der Waals surface area (Å²) in [5, 5.41) is 3.31. The highest BCUT2D eigenvalue weighted by molar-refractivity contribution is 8.13. The van der Waals surface area contributed by atoms with Gasteiger partial charge in [0.05, 0.1) is 11.0 Å². The van der Waals surface area contributed by atoms with E-state index in [2.05, 4.69) is 20.3 Å². The van der Waals surface area contributed by atoms with Crippen LogP contribution in [0, 0.1) is 0 Å². The molecule has 0 atom stereocenters. The van der Waals surface area contributed by atoms with Crippen molar-refractivity contribution in [3.8, 4) is 0 Å². The number of nitrogens with one attached hydrogen (secondary N) is 1. The standard InChI is InChI=1S/C13H10N4OS/c1-19-13-16-11(12(18)17-13)7-8-2-3-9-10(6-8)15-5-4-14-9/h2-7H,1H3,(H,16,17,18)/b11-7-. The molecule has 94 valence electrons. The third-order valence-electron chi connectivity index (χ3n) is 2.67. The topological polar surface area (TPSA) is 67.2 Å². The van der Waals surface area contributed by atoms with E-state index in [1.807, 2.05) is 24.5 Å². The molecule has 0 bridgehead atoms. The summed E-state index contributed by atoms with van der Waals surface area (Å²) in [5.41, 5.74) is 2.91. The largest absolute Gasteiger partial charge is 0.300 e. The van der Waals surface area contributed by atoms with Gasteiger partial charge in [-0.2, -0.15) is 0 Å². The molecule has 0 fully saturated rings. The van der Waals surface area contributed by atoms with Gasteiger partial charge in [0.25, 0.3) is 5.91 Å². The second kappa shape index (κ2) is 4.81. The number of nitrogens with zero attached hydrogens (tertiary/aromatic N) is 3. The van der Waals surface area contributed by atoms with Crippen molar-refractivity contribution >= 4 is 39.9 Å². The number of carbonyl (C=O) groups excluding carboxylic acids is 1. The van der Waals surface area contributed by atoms with E-state index in [1.54, 1.807) is 18.5 Å². The lowest BCUT2D eigenvalue weighted by Gasteiger charge is -1.98. The van der Waals surface area contributed by atoms with Crippen molar-refractivity contribution < 1.29 is 4.79 Å². The van der Waals surface area contributed by atoms with Crippen molar-refractivity contribution in [1.29, 1.82) is 0 Å². The highest BCUT2D eigenvalue weighted by atomic mass is 32.2. The molecule has 1 aliphatic rings. The van der Waals surface area contributed by atoms with E-state index in [4.69, 9.17) is 0 Å². The lowest BCUT2D eigenvalue weighted by molar-refractivity contribution is -0.115. The predicted octanol–water partition coefficient (Wildman–Crippen LogP) is 1.82. The molecular weight excluding hydrogens is 260 g/mol. The van der Waals surface area contributed by atoms with E-state index in [9.17, 15) is 4.79 Å². The zero-order valence-corrected chi connectivity index (χ0v) is 10.9. The number of carbonyl (C=O) groups is 1. The fraction of sp³-hybridized carbons (Fsp3) is 0.0769. The number of hydrogen-bond acceptors (Lipinski definition) is 5. The van der Waals surface area contributed by atoms with Crippen molar-refractivity contribution in [3.63, 3.8) is 0 Å². The minimum absolute atomic E-state index is 0.177. The molecule has 1 aliphatic heterocycles. The van der Waals surface area contributed by atoms with Gasteiger partial charge in [-0.25, -0.2) is 4.99 Å². The van der Waals surface area contributed by atoms with Gasteiger partial charge in [-0.1, -0.05) is 17.8 Å². The molecule has 1 amide bonds. The van der Waals surface area contributed by atoms with E-state index in [-0.39, 0.29) is 5.91 Å². The molecule has 3 rings (SSSR count). The quantitative estimate of drug-likeness (QED) is 0.803. The normalized spacial score (nSPS) is 16.8. The molecule has 6 heteroatoms. The first kappa shape index (κ1) is 11.9. The summed E-state index contributed by atoms with van der Waals surface area (Å²) in [7, 11) is 0. The van der Waals surface area contributed by atoms with Crippen molar-refractivity contribution in [2.45, 2.75) is 0 Å². The fourth-order valence-corrected chi connectivity index (χ4v) is 2.16. The molecule has 0 saturated carbocycles. The summed E-state index contributed by atoms with van der Waals surface area (Å²) in [4.78, 5) is 24.3. The first-order valence-corrected chi connectivity index (χ1v) is 6.85. The highest BCUT2D eigenvalue weighted by Gasteiger charge is 2.18. The second-order valence-corrected chi connectivity index (χ2v) is 4.70. The molecule has 0 unspecified atom stereocenters. The van der Waals surface area contributed by atoms with E-state index >= 15 is 0 Å². The van der Waals surface area contributed by atoms with Crippen molar-refractivity contribution in [2.75, 3.05) is 6.26 Å². The van der Waals surface area contributed by atoms with Gasteiger partial charge >= 0.3 is 0 Å². The van der Waals surface area contributed by atoms with Gasteiger partial charge in [0.1, 0.15) is 5.70 Å². The van der Waals surface area contributed by atoms with E-state index in [1.165, 1.54) is 11.8 Å². The Morgan fingerprint density at radius 3 is 2.74 bits per heavy atom. The monoisotopic (exact) mass is 270 g/mol. The van der Waals surface area contributed by atoms with Gasteiger partial charge in [0.2, 0.25) is 0 Å². The predicted molar refractivity (Wildman–Crippen MR) is 76.6 cm³/mol.